The highest BCUT2D eigenvalue weighted by Gasteiger charge is 2.38. The molecule has 0 radical (unpaired) electrons. The lowest BCUT2D eigenvalue weighted by Crippen LogP contribution is -2.47. The summed E-state index contributed by atoms with van der Waals surface area (Å²) in [5.74, 6) is -0.0393. The number of thiophene rings is 1. The van der Waals surface area contributed by atoms with Crippen LogP contribution in [0.5, 0.6) is 0 Å². The molecule has 1 fully saturated rings. The Morgan fingerprint density at radius 2 is 1.82 bits per heavy atom. The van der Waals surface area contributed by atoms with Crippen molar-refractivity contribution >= 4 is 46.4 Å². The van der Waals surface area contributed by atoms with E-state index in [9.17, 15) is 9.59 Å². The van der Waals surface area contributed by atoms with Gasteiger partial charge in [-0.2, -0.15) is 0 Å². The van der Waals surface area contributed by atoms with Crippen molar-refractivity contribution in [3.8, 4) is 0 Å². The van der Waals surface area contributed by atoms with Crippen molar-refractivity contribution in [2.24, 2.45) is 0 Å². The van der Waals surface area contributed by atoms with Gasteiger partial charge < -0.3 is 9.80 Å². The van der Waals surface area contributed by atoms with Crippen LogP contribution in [0.3, 0.4) is 0 Å². The van der Waals surface area contributed by atoms with Crippen molar-refractivity contribution < 1.29 is 9.59 Å². The molecule has 0 N–H and O–H groups in total. The van der Waals surface area contributed by atoms with Crippen LogP contribution in [0.15, 0.2) is 60.0 Å². The van der Waals surface area contributed by atoms with Crippen LogP contribution in [0.4, 0.5) is 0 Å². The van der Waals surface area contributed by atoms with Gasteiger partial charge in [0.15, 0.2) is 0 Å². The molecular weight excluding hydrogens is 475 g/mol. The van der Waals surface area contributed by atoms with Gasteiger partial charge in [0.25, 0.3) is 0 Å². The number of benzene rings is 2. The Kier molecular flexibility index (Phi) is 6.46. The number of carbonyl (C=O) groups excluding carboxylic acids is 2. The Labute approximate surface area is 207 Å². The van der Waals surface area contributed by atoms with Crippen LogP contribution in [-0.4, -0.2) is 40.7 Å². The smallest absolute Gasteiger partial charge is 0.243 e. The van der Waals surface area contributed by atoms with Gasteiger partial charge in [-0.25, -0.2) is 0 Å². The number of nitrogens with zero attached hydrogens (tertiary/aromatic N) is 2. The molecule has 2 heterocycles. The van der Waals surface area contributed by atoms with Gasteiger partial charge in [0.1, 0.15) is 6.54 Å². The predicted octanol–water partition coefficient (Wildman–Crippen LogP) is 5.76. The first-order chi connectivity index (χ1) is 16.0. The zero-order valence-corrected chi connectivity index (χ0v) is 20.4. The second-order valence-electron chi connectivity index (χ2n) is 8.62. The number of rotatable bonds is 6. The Morgan fingerprint density at radius 3 is 2.55 bits per heavy atom. The molecule has 170 valence electrons. The summed E-state index contributed by atoms with van der Waals surface area (Å²) in [5.41, 5.74) is 2.94. The van der Waals surface area contributed by atoms with Gasteiger partial charge in [-0.15, -0.1) is 11.3 Å². The molecule has 1 saturated carbocycles. The van der Waals surface area contributed by atoms with E-state index in [1.165, 1.54) is 4.88 Å². The topological polar surface area (TPSA) is 40.6 Å². The fraction of sp³-hybridized carbons (Fsp3) is 0.308. The van der Waals surface area contributed by atoms with Crippen LogP contribution < -0.4 is 0 Å². The Morgan fingerprint density at radius 1 is 1.03 bits per heavy atom. The molecule has 1 aliphatic carbocycles. The minimum atomic E-state index is -0.275. The first-order valence-corrected chi connectivity index (χ1v) is 12.8. The third kappa shape index (κ3) is 4.81. The monoisotopic (exact) mass is 498 g/mol. The third-order valence-corrected chi connectivity index (χ3v) is 7.91. The summed E-state index contributed by atoms with van der Waals surface area (Å²) < 4.78 is 0. The molecule has 33 heavy (non-hydrogen) atoms. The van der Waals surface area contributed by atoms with Crippen molar-refractivity contribution in [1.82, 2.24) is 9.80 Å². The fourth-order valence-corrected chi connectivity index (χ4v) is 5.98. The van der Waals surface area contributed by atoms with E-state index >= 15 is 0 Å². The molecule has 5 rings (SSSR count). The highest BCUT2D eigenvalue weighted by molar-refractivity contribution is 7.10. The van der Waals surface area contributed by atoms with Crippen LogP contribution >= 0.6 is 34.5 Å². The number of halogens is 2. The lowest BCUT2D eigenvalue weighted by molar-refractivity contribution is -0.142. The molecule has 7 heteroatoms. The van der Waals surface area contributed by atoms with E-state index in [0.717, 1.165) is 36.0 Å². The standard InChI is InChI=1S/C26H24Cl2N2O2S/c27-18-6-9-20(22(28)15-18)26-21-11-13-33-23(21)10-12-29(26)25(32)16-30(19-7-8-19)24(31)14-17-4-2-1-3-5-17/h1-6,9,11,13,15,19,26H,7-8,10,12,14,16H2. The summed E-state index contributed by atoms with van der Waals surface area (Å²) in [6.07, 6.45) is 3.03. The molecular formula is C26H24Cl2N2O2S. The second kappa shape index (κ2) is 9.49. The van der Waals surface area contributed by atoms with Gasteiger partial charge in [0, 0.05) is 27.5 Å². The molecule has 0 saturated heterocycles. The van der Waals surface area contributed by atoms with E-state index in [-0.39, 0.29) is 30.4 Å². The van der Waals surface area contributed by atoms with Crippen LogP contribution in [0.1, 0.15) is 40.5 Å². The molecule has 1 unspecified atom stereocenters. The molecule has 2 aliphatic rings. The third-order valence-electron chi connectivity index (χ3n) is 6.36. The molecule has 0 spiro atoms. The molecule has 2 aromatic carbocycles. The molecule has 3 aromatic rings. The Hall–Kier alpha value is -2.34. The summed E-state index contributed by atoms with van der Waals surface area (Å²) >= 11 is 14.4. The quantitative estimate of drug-likeness (QED) is 0.433. The maximum atomic E-state index is 13.7. The van der Waals surface area contributed by atoms with Crippen LogP contribution in [0.25, 0.3) is 0 Å². The van der Waals surface area contributed by atoms with Gasteiger partial charge in [-0.3, -0.25) is 9.59 Å². The van der Waals surface area contributed by atoms with E-state index in [1.54, 1.807) is 22.3 Å². The van der Waals surface area contributed by atoms with Crippen molar-refractivity contribution in [2.75, 3.05) is 13.1 Å². The summed E-state index contributed by atoms with van der Waals surface area (Å²) in [6, 6.07) is 17.1. The number of amides is 2. The van der Waals surface area contributed by atoms with Gasteiger partial charge in [-0.1, -0.05) is 59.6 Å². The first-order valence-electron chi connectivity index (χ1n) is 11.2. The second-order valence-corrected chi connectivity index (χ2v) is 10.5. The van der Waals surface area contributed by atoms with E-state index in [0.29, 0.717) is 23.0 Å². The van der Waals surface area contributed by atoms with Crippen molar-refractivity contribution in [1.29, 1.82) is 0 Å². The highest BCUT2D eigenvalue weighted by Crippen LogP contribution is 2.41. The molecule has 2 amide bonds. The summed E-state index contributed by atoms with van der Waals surface area (Å²) in [7, 11) is 0. The molecule has 4 nitrogen and oxygen atoms in total. The maximum absolute atomic E-state index is 13.7. The minimum Gasteiger partial charge on any atom is -0.330 e. The van der Waals surface area contributed by atoms with Gasteiger partial charge in [0.2, 0.25) is 11.8 Å². The summed E-state index contributed by atoms with van der Waals surface area (Å²) in [6.45, 7) is 0.693. The van der Waals surface area contributed by atoms with Crippen LogP contribution in [-0.2, 0) is 22.4 Å². The van der Waals surface area contributed by atoms with Gasteiger partial charge >= 0.3 is 0 Å². The average Bonchev–Trinajstić information content (AvgIpc) is 3.53. The van der Waals surface area contributed by atoms with Crippen LogP contribution in [0.2, 0.25) is 10.0 Å². The van der Waals surface area contributed by atoms with Crippen LogP contribution in [0, 0.1) is 0 Å². The molecule has 1 atom stereocenters. The SMILES string of the molecule is O=C(Cc1ccccc1)N(CC(=O)N1CCc2sccc2C1c1ccc(Cl)cc1Cl)C1CC1. The predicted molar refractivity (Wildman–Crippen MR) is 133 cm³/mol. The minimum absolute atomic E-state index is 0.00589. The zero-order chi connectivity index (χ0) is 22.9. The average molecular weight is 499 g/mol. The van der Waals surface area contributed by atoms with Crippen molar-refractivity contribution in [2.45, 2.75) is 37.8 Å². The highest BCUT2D eigenvalue weighted by atomic mass is 35.5. The molecule has 1 aliphatic heterocycles. The lowest BCUT2D eigenvalue weighted by atomic mass is 9.93. The molecule has 0 bridgehead atoms. The summed E-state index contributed by atoms with van der Waals surface area (Å²) in [4.78, 5) is 31.7. The van der Waals surface area contributed by atoms with E-state index in [4.69, 9.17) is 23.2 Å². The van der Waals surface area contributed by atoms with E-state index in [1.807, 2.05) is 47.4 Å². The van der Waals surface area contributed by atoms with Gasteiger partial charge in [0.05, 0.1) is 12.5 Å². The number of hydrogen-bond donors (Lipinski definition) is 0. The summed E-state index contributed by atoms with van der Waals surface area (Å²) in [5, 5.41) is 3.17. The number of fused-ring (bicyclic) bond motifs is 1. The van der Waals surface area contributed by atoms with Gasteiger partial charge in [-0.05, 0) is 59.5 Å². The van der Waals surface area contributed by atoms with E-state index < -0.39 is 0 Å². The van der Waals surface area contributed by atoms with Crippen molar-refractivity contribution in [3.05, 3.63) is 91.6 Å². The van der Waals surface area contributed by atoms with Crippen molar-refractivity contribution in [3.63, 3.8) is 0 Å². The van der Waals surface area contributed by atoms with E-state index in [2.05, 4.69) is 11.4 Å². The zero-order valence-electron chi connectivity index (χ0n) is 18.0. The largest absolute Gasteiger partial charge is 0.330 e. The Bertz CT molecular complexity index is 1180. The Balaban J connectivity index is 1.40. The molecule has 1 aromatic heterocycles. The normalized spacial score (nSPS) is 17.5. The number of hydrogen-bond acceptors (Lipinski definition) is 3. The first kappa shape index (κ1) is 22.5. The maximum Gasteiger partial charge on any atom is 0.243 e. The lowest BCUT2D eigenvalue weighted by Gasteiger charge is -2.38. The fourth-order valence-electron chi connectivity index (χ4n) is 4.56. The number of carbonyl (C=O) groups is 2.